The van der Waals surface area contributed by atoms with Gasteiger partial charge in [0.05, 0.1) is 5.54 Å². The number of nitrogens with two attached hydrogens (primary N) is 1. The molecule has 0 aromatic heterocycles. The number of hydrogen-bond donors (Lipinski definition) is 2. The van der Waals surface area contributed by atoms with E-state index in [0.717, 1.165) is 25.9 Å². The summed E-state index contributed by atoms with van der Waals surface area (Å²) in [7, 11) is 0. The summed E-state index contributed by atoms with van der Waals surface area (Å²) < 4.78 is 0. The molecule has 16 heavy (non-hydrogen) atoms. The molecule has 0 spiro atoms. The average molecular weight is 227 g/mol. The Morgan fingerprint density at radius 3 is 2.56 bits per heavy atom. The predicted octanol–water partition coefficient (Wildman–Crippen LogP) is 0.716. The van der Waals surface area contributed by atoms with Crippen LogP contribution in [0.2, 0.25) is 0 Å². The zero-order valence-corrected chi connectivity index (χ0v) is 10.6. The number of primary amides is 1. The Morgan fingerprint density at radius 1 is 1.44 bits per heavy atom. The van der Waals surface area contributed by atoms with Crippen molar-refractivity contribution in [3.05, 3.63) is 0 Å². The van der Waals surface area contributed by atoms with E-state index in [-0.39, 0.29) is 5.91 Å². The first kappa shape index (κ1) is 13.5. The van der Waals surface area contributed by atoms with Crippen molar-refractivity contribution < 1.29 is 4.79 Å². The highest BCUT2D eigenvalue weighted by Crippen LogP contribution is 2.14. The molecule has 0 aromatic carbocycles. The van der Waals surface area contributed by atoms with Gasteiger partial charge in [-0.25, -0.2) is 0 Å². The molecule has 0 bridgehead atoms. The number of nitrogens with one attached hydrogen (secondary N) is 1. The summed E-state index contributed by atoms with van der Waals surface area (Å²) in [5.41, 5.74) is 4.93. The summed E-state index contributed by atoms with van der Waals surface area (Å²) in [5.74, 6) is -0.236. The van der Waals surface area contributed by atoms with Crippen LogP contribution in [-0.4, -0.2) is 42.5 Å². The molecule has 1 fully saturated rings. The van der Waals surface area contributed by atoms with Crippen LogP contribution in [0.1, 0.15) is 39.5 Å². The molecule has 0 aliphatic carbocycles. The second kappa shape index (κ2) is 6.21. The Hall–Kier alpha value is -0.610. The van der Waals surface area contributed by atoms with E-state index in [0.29, 0.717) is 0 Å². The highest BCUT2D eigenvalue weighted by Gasteiger charge is 2.30. The maximum absolute atomic E-state index is 11.5. The van der Waals surface area contributed by atoms with Gasteiger partial charge in [-0.15, -0.1) is 0 Å². The first-order chi connectivity index (χ1) is 7.58. The molecule has 1 heterocycles. The molecular formula is C12H25N3O. The molecule has 0 radical (unpaired) electrons. The van der Waals surface area contributed by atoms with E-state index < -0.39 is 5.54 Å². The topological polar surface area (TPSA) is 58.4 Å². The van der Waals surface area contributed by atoms with Gasteiger partial charge in [-0.2, -0.15) is 0 Å². The number of rotatable bonds is 7. The molecule has 0 saturated carbocycles. The fourth-order valence-corrected chi connectivity index (χ4v) is 2.09. The van der Waals surface area contributed by atoms with Gasteiger partial charge in [-0.1, -0.05) is 6.92 Å². The summed E-state index contributed by atoms with van der Waals surface area (Å²) in [6.45, 7) is 8.16. The lowest BCUT2D eigenvalue weighted by Crippen LogP contribution is -2.54. The molecule has 1 saturated heterocycles. The third kappa shape index (κ3) is 3.76. The minimum Gasteiger partial charge on any atom is -0.368 e. The molecule has 0 aromatic rings. The standard InChI is InChI=1S/C12H25N3O/c1-3-7-14-12(2,11(13)16)6-10-15-8-4-5-9-15/h14H,3-10H2,1-2H3,(H2,13,16). The molecule has 1 amide bonds. The Bertz CT molecular complexity index is 226. The van der Waals surface area contributed by atoms with E-state index in [1.165, 1.54) is 25.9 Å². The van der Waals surface area contributed by atoms with Gasteiger partial charge in [-0.3, -0.25) is 4.79 Å². The van der Waals surface area contributed by atoms with Gasteiger partial charge in [0.2, 0.25) is 5.91 Å². The van der Waals surface area contributed by atoms with E-state index in [1.807, 2.05) is 6.92 Å². The summed E-state index contributed by atoms with van der Waals surface area (Å²) in [6.07, 6.45) is 4.40. The first-order valence-corrected chi connectivity index (χ1v) is 6.36. The number of hydrogen-bond acceptors (Lipinski definition) is 3. The Labute approximate surface area is 98.6 Å². The monoisotopic (exact) mass is 227 g/mol. The predicted molar refractivity (Wildman–Crippen MR) is 66.2 cm³/mol. The molecule has 1 unspecified atom stereocenters. The number of carbonyl (C=O) groups excluding carboxylic acids is 1. The Morgan fingerprint density at radius 2 is 2.06 bits per heavy atom. The maximum Gasteiger partial charge on any atom is 0.237 e. The second-order valence-electron chi connectivity index (χ2n) is 4.92. The van der Waals surface area contributed by atoms with E-state index in [4.69, 9.17) is 5.73 Å². The average Bonchev–Trinajstić information content (AvgIpc) is 2.76. The lowest BCUT2D eigenvalue weighted by Gasteiger charge is -2.29. The van der Waals surface area contributed by atoms with Crippen molar-refractivity contribution in [3.8, 4) is 0 Å². The lowest BCUT2D eigenvalue weighted by atomic mass is 9.96. The molecule has 4 heteroatoms. The van der Waals surface area contributed by atoms with Crippen molar-refractivity contribution in [2.75, 3.05) is 26.2 Å². The molecule has 94 valence electrons. The largest absolute Gasteiger partial charge is 0.368 e. The number of carbonyl (C=O) groups is 1. The van der Waals surface area contributed by atoms with Crippen LogP contribution in [0.5, 0.6) is 0 Å². The lowest BCUT2D eigenvalue weighted by molar-refractivity contribution is -0.124. The van der Waals surface area contributed by atoms with Crippen LogP contribution in [0.25, 0.3) is 0 Å². The van der Waals surface area contributed by atoms with E-state index in [1.54, 1.807) is 0 Å². The van der Waals surface area contributed by atoms with Crippen molar-refractivity contribution >= 4 is 5.91 Å². The zero-order valence-electron chi connectivity index (χ0n) is 10.6. The van der Waals surface area contributed by atoms with Crippen LogP contribution >= 0.6 is 0 Å². The zero-order chi connectivity index (χ0) is 12.0. The van der Waals surface area contributed by atoms with Gasteiger partial charge in [0.25, 0.3) is 0 Å². The number of likely N-dealkylation sites (tertiary alicyclic amines) is 1. The molecule has 1 rings (SSSR count). The molecule has 1 atom stereocenters. The second-order valence-corrected chi connectivity index (χ2v) is 4.92. The van der Waals surface area contributed by atoms with Crippen LogP contribution in [0.3, 0.4) is 0 Å². The molecule has 1 aliphatic rings. The highest BCUT2D eigenvalue weighted by molar-refractivity contribution is 5.84. The van der Waals surface area contributed by atoms with E-state index in [9.17, 15) is 4.79 Å². The van der Waals surface area contributed by atoms with Crippen LogP contribution in [0.4, 0.5) is 0 Å². The third-order valence-corrected chi connectivity index (χ3v) is 3.44. The first-order valence-electron chi connectivity index (χ1n) is 6.36. The van der Waals surface area contributed by atoms with Crippen molar-refractivity contribution in [1.29, 1.82) is 0 Å². The van der Waals surface area contributed by atoms with Crippen molar-refractivity contribution in [3.63, 3.8) is 0 Å². The molecule has 1 aliphatic heterocycles. The van der Waals surface area contributed by atoms with Gasteiger partial charge in [0, 0.05) is 6.54 Å². The fourth-order valence-electron chi connectivity index (χ4n) is 2.09. The molecular weight excluding hydrogens is 202 g/mol. The van der Waals surface area contributed by atoms with Gasteiger partial charge < -0.3 is 16.0 Å². The van der Waals surface area contributed by atoms with Crippen LogP contribution in [-0.2, 0) is 4.79 Å². The minimum absolute atomic E-state index is 0.236. The van der Waals surface area contributed by atoms with Crippen molar-refractivity contribution in [2.24, 2.45) is 5.73 Å². The van der Waals surface area contributed by atoms with E-state index in [2.05, 4.69) is 17.1 Å². The van der Waals surface area contributed by atoms with Crippen molar-refractivity contribution in [1.82, 2.24) is 10.2 Å². The molecule has 4 nitrogen and oxygen atoms in total. The third-order valence-electron chi connectivity index (χ3n) is 3.44. The van der Waals surface area contributed by atoms with Crippen LogP contribution in [0, 0.1) is 0 Å². The summed E-state index contributed by atoms with van der Waals surface area (Å²) in [4.78, 5) is 13.9. The highest BCUT2D eigenvalue weighted by atomic mass is 16.1. The van der Waals surface area contributed by atoms with Gasteiger partial charge in [-0.05, 0) is 52.2 Å². The summed E-state index contributed by atoms with van der Waals surface area (Å²) in [6, 6.07) is 0. The SMILES string of the molecule is CCCNC(C)(CCN1CCCC1)C(N)=O. The summed E-state index contributed by atoms with van der Waals surface area (Å²) in [5, 5.41) is 3.27. The Balaban J connectivity index is 2.39. The fraction of sp³-hybridized carbons (Fsp3) is 0.917. The van der Waals surface area contributed by atoms with Crippen molar-refractivity contribution in [2.45, 2.75) is 45.1 Å². The Kier molecular flexibility index (Phi) is 5.22. The normalized spacial score (nSPS) is 20.9. The summed E-state index contributed by atoms with van der Waals surface area (Å²) >= 11 is 0. The van der Waals surface area contributed by atoms with E-state index >= 15 is 0 Å². The number of nitrogens with zero attached hydrogens (tertiary/aromatic N) is 1. The van der Waals surface area contributed by atoms with Crippen LogP contribution in [0.15, 0.2) is 0 Å². The quantitative estimate of drug-likeness (QED) is 0.673. The molecule has 3 N–H and O–H groups in total. The van der Waals surface area contributed by atoms with Gasteiger partial charge >= 0.3 is 0 Å². The maximum atomic E-state index is 11.5. The van der Waals surface area contributed by atoms with Gasteiger partial charge in [0.1, 0.15) is 0 Å². The van der Waals surface area contributed by atoms with Gasteiger partial charge in [0.15, 0.2) is 0 Å². The smallest absolute Gasteiger partial charge is 0.237 e. The number of amides is 1. The minimum atomic E-state index is -0.543. The van der Waals surface area contributed by atoms with Crippen LogP contribution < -0.4 is 11.1 Å².